The third-order valence-corrected chi connectivity index (χ3v) is 2.98. The number of hydrogen-bond acceptors (Lipinski definition) is 4. The number of nitrogens with zero attached hydrogens (tertiary/aromatic N) is 1. The highest BCUT2D eigenvalue weighted by Crippen LogP contribution is 2.12. The first-order chi connectivity index (χ1) is 9.54. The van der Waals surface area contributed by atoms with Crippen LogP contribution < -0.4 is 5.32 Å². The number of nitrogens with one attached hydrogen (secondary N) is 1. The fraction of sp³-hybridized carbons (Fsp3) is 0.333. The summed E-state index contributed by atoms with van der Waals surface area (Å²) in [4.78, 5) is 14.9. The van der Waals surface area contributed by atoms with E-state index in [0.717, 1.165) is 24.4 Å². The van der Waals surface area contributed by atoms with Crippen LogP contribution in [0.2, 0.25) is 0 Å². The molecule has 0 spiro atoms. The Morgan fingerprint density at radius 3 is 2.85 bits per heavy atom. The van der Waals surface area contributed by atoms with Crippen molar-refractivity contribution in [2.24, 2.45) is 0 Å². The van der Waals surface area contributed by atoms with Crippen LogP contribution in [0.15, 0.2) is 34.7 Å². The average molecular weight is 274 g/mol. The minimum atomic E-state index is -1.02. The third kappa shape index (κ3) is 3.85. The van der Waals surface area contributed by atoms with E-state index in [-0.39, 0.29) is 11.7 Å². The van der Waals surface area contributed by atoms with Gasteiger partial charge in [-0.25, -0.2) is 9.78 Å². The molecule has 5 nitrogen and oxygen atoms in total. The molecule has 0 aliphatic heterocycles. The highest BCUT2D eigenvalue weighted by Gasteiger charge is 2.08. The Kier molecular flexibility index (Phi) is 4.40. The molecule has 2 aromatic rings. The second-order valence-corrected chi connectivity index (χ2v) is 4.81. The van der Waals surface area contributed by atoms with Crippen molar-refractivity contribution < 1.29 is 14.3 Å². The fourth-order valence-corrected chi connectivity index (χ4v) is 1.94. The van der Waals surface area contributed by atoms with E-state index in [1.54, 1.807) is 12.1 Å². The molecule has 0 aliphatic carbocycles. The molecule has 2 N–H and O–H groups in total. The molecule has 0 saturated heterocycles. The Balaban J connectivity index is 1.89. The van der Waals surface area contributed by atoms with Crippen molar-refractivity contribution in [1.82, 2.24) is 4.98 Å². The Labute approximate surface area is 117 Å². The summed E-state index contributed by atoms with van der Waals surface area (Å²) in [5.74, 6) is 1.43. The maximum Gasteiger partial charge on any atom is 0.354 e. The Morgan fingerprint density at radius 1 is 1.40 bits per heavy atom. The predicted octanol–water partition coefficient (Wildman–Crippen LogP) is 3.11. The van der Waals surface area contributed by atoms with Gasteiger partial charge in [-0.05, 0) is 44.5 Å². The van der Waals surface area contributed by atoms with E-state index in [4.69, 9.17) is 9.52 Å². The van der Waals surface area contributed by atoms with Crippen molar-refractivity contribution in [2.45, 2.75) is 32.7 Å². The van der Waals surface area contributed by atoms with Gasteiger partial charge < -0.3 is 14.8 Å². The SMILES string of the molecule is Cc1ccc(CCC(C)Nc2cccc(C(=O)O)n2)o1. The predicted molar refractivity (Wildman–Crippen MR) is 76.0 cm³/mol. The van der Waals surface area contributed by atoms with Gasteiger partial charge in [0.25, 0.3) is 0 Å². The molecule has 0 amide bonds. The molecule has 2 aromatic heterocycles. The average Bonchev–Trinajstić information content (AvgIpc) is 2.82. The number of anilines is 1. The number of hydrogen-bond donors (Lipinski definition) is 2. The minimum Gasteiger partial charge on any atom is -0.477 e. The number of carboxylic acid groups (broad SMARTS) is 1. The van der Waals surface area contributed by atoms with E-state index in [1.165, 1.54) is 6.07 Å². The number of carbonyl (C=O) groups is 1. The topological polar surface area (TPSA) is 75.4 Å². The first kappa shape index (κ1) is 14.1. The summed E-state index contributed by atoms with van der Waals surface area (Å²) in [5.41, 5.74) is 0.0452. The molecule has 2 heterocycles. The molecule has 2 rings (SSSR count). The molecule has 0 fully saturated rings. The summed E-state index contributed by atoms with van der Waals surface area (Å²) in [6, 6.07) is 9.03. The van der Waals surface area contributed by atoms with Crippen LogP contribution in [0, 0.1) is 6.92 Å². The molecule has 0 bridgehead atoms. The van der Waals surface area contributed by atoms with E-state index in [9.17, 15) is 4.79 Å². The Bertz CT molecular complexity index is 592. The van der Waals surface area contributed by atoms with E-state index < -0.39 is 5.97 Å². The summed E-state index contributed by atoms with van der Waals surface area (Å²) < 4.78 is 5.51. The maximum atomic E-state index is 10.8. The second kappa shape index (κ2) is 6.23. The summed E-state index contributed by atoms with van der Waals surface area (Å²) in [7, 11) is 0. The molecule has 1 unspecified atom stereocenters. The molecule has 0 radical (unpaired) electrons. The van der Waals surface area contributed by atoms with Gasteiger partial charge in [0.1, 0.15) is 17.3 Å². The van der Waals surface area contributed by atoms with E-state index >= 15 is 0 Å². The van der Waals surface area contributed by atoms with Gasteiger partial charge in [-0.15, -0.1) is 0 Å². The van der Waals surface area contributed by atoms with Crippen LogP contribution in [0.5, 0.6) is 0 Å². The normalized spacial score (nSPS) is 12.1. The molecule has 0 aromatic carbocycles. The smallest absolute Gasteiger partial charge is 0.354 e. The number of pyridine rings is 1. The summed E-state index contributed by atoms with van der Waals surface area (Å²) in [5, 5.41) is 12.1. The van der Waals surface area contributed by atoms with Gasteiger partial charge in [0.15, 0.2) is 5.69 Å². The van der Waals surface area contributed by atoms with Crippen LogP contribution in [-0.4, -0.2) is 22.1 Å². The highest BCUT2D eigenvalue weighted by atomic mass is 16.4. The van der Waals surface area contributed by atoms with E-state index in [1.807, 2.05) is 26.0 Å². The molecule has 0 aliphatic rings. The molecular formula is C15H18N2O3. The van der Waals surface area contributed by atoms with Gasteiger partial charge in [0.2, 0.25) is 0 Å². The van der Waals surface area contributed by atoms with Gasteiger partial charge in [0.05, 0.1) is 0 Å². The number of aryl methyl sites for hydroxylation is 2. The van der Waals surface area contributed by atoms with Gasteiger partial charge in [-0.1, -0.05) is 6.07 Å². The van der Waals surface area contributed by atoms with Crippen molar-refractivity contribution in [3.63, 3.8) is 0 Å². The molecule has 1 atom stereocenters. The van der Waals surface area contributed by atoms with E-state index in [0.29, 0.717) is 5.82 Å². The lowest BCUT2D eigenvalue weighted by Gasteiger charge is -2.14. The Morgan fingerprint density at radius 2 is 2.20 bits per heavy atom. The minimum absolute atomic E-state index is 0.0452. The Hall–Kier alpha value is -2.30. The number of rotatable bonds is 6. The van der Waals surface area contributed by atoms with Crippen LogP contribution in [-0.2, 0) is 6.42 Å². The van der Waals surface area contributed by atoms with Crippen LogP contribution in [0.25, 0.3) is 0 Å². The quantitative estimate of drug-likeness (QED) is 0.846. The first-order valence-corrected chi connectivity index (χ1v) is 6.57. The zero-order chi connectivity index (χ0) is 14.5. The summed E-state index contributed by atoms with van der Waals surface area (Å²) >= 11 is 0. The molecular weight excluding hydrogens is 256 g/mol. The zero-order valence-electron chi connectivity index (χ0n) is 11.6. The lowest BCUT2D eigenvalue weighted by atomic mass is 10.1. The maximum absolute atomic E-state index is 10.8. The summed E-state index contributed by atoms with van der Waals surface area (Å²) in [6.07, 6.45) is 1.71. The van der Waals surface area contributed by atoms with Crippen LogP contribution in [0.3, 0.4) is 0 Å². The number of carboxylic acids is 1. The van der Waals surface area contributed by atoms with Crippen LogP contribution in [0.1, 0.15) is 35.4 Å². The third-order valence-electron chi connectivity index (χ3n) is 2.98. The molecule has 106 valence electrons. The van der Waals surface area contributed by atoms with E-state index in [2.05, 4.69) is 10.3 Å². The molecule has 0 saturated carbocycles. The number of furan rings is 1. The zero-order valence-corrected chi connectivity index (χ0v) is 11.6. The number of aromatic carboxylic acids is 1. The van der Waals surface area contributed by atoms with Crippen LogP contribution >= 0.6 is 0 Å². The monoisotopic (exact) mass is 274 g/mol. The second-order valence-electron chi connectivity index (χ2n) is 4.81. The van der Waals surface area contributed by atoms with Gasteiger partial charge in [0, 0.05) is 12.5 Å². The van der Waals surface area contributed by atoms with Crippen molar-refractivity contribution in [1.29, 1.82) is 0 Å². The largest absolute Gasteiger partial charge is 0.477 e. The highest BCUT2D eigenvalue weighted by molar-refractivity contribution is 5.85. The molecule has 20 heavy (non-hydrogen) atoms. The fourth-order valence-electron chi connectivity index (χ4n) is 1.94. The van der Waals surface area contributed by atoms with Gasteiger partial charge >= 0.3 is 5.97 Å². The number of aromatic nitrogens is 1. The van der Waals surface area contributed by atoms with Crippen molar-refractivity contribution in [3.8, 4) is 0 Å². The van der Waals surface area contributed by atoms with Crippen LogP contribution in [0.4, 0.5) is 5.82 Å². The van der Waals surface area contributed by atoms with Gasteiger partial charge in [-0.2, -0.15) is 0 Å². The lowest BCUT2D eigenvalue weighted by Crippen LogP contribution is -2.17. The van der Waals surface area contributed by atoms with Crippen molar-refractivity contribution in [2.75, 3.05) is 5.32 Å². The van der Waals surface area contributed by atoms with Crippen molar-refractivity contribution in [3.05, 3.63) is 47.5 Å². The first-order valence-electron chi connectivity index (χ1n) is 6.57. The summed E-state index contributed by atoms with van der Waals surface area (Å²) in [6.45, 7) is 3.96. The lowest BCUT2D eigenvalue weighted by molar-refractivity contribution is 0.0690. The standard InChI is InChI=1S/C15H18N2O3/c1-10(6-8-12-9-7-11(2)20-12)16-14-5-3-4-13(17-14)15(18)19/h3-5,7,9-10H,6,8H2,1-2H3,(H,16,17)(H,18,19). The van der Waals surface area contributed by atoms with Crippen molar-refractivity contribution >= 4 is 11.8 Å². The van der Waals surface area contributed by atoms with Gasteiger partial charge in [-0.3, -0.25) is 0 Å². The molecule has 5 heteroatoms.